The molecular formula is C13H14I3N3O5. The Kier molecular flexibility index (Phi) is 8.08. The topological polar surface area (TPSA) is 133 Å². The van der Waals surface area contributed by atoms with Crippen molar-refractivity contribution in [3.63, 3.8) is 0 Å². The molecule has 0 fully saturated rings. The van der Waals surface area contributed by atoms with Crippen molar-refractivity contribution in [3.8, 4) is 0 Å². The van der Waals surface area contributed by atoms with Crippen molar-refractivity contribution in [2.24, 2.45) is 5.73 Å². The lowest BCUT2D eigenvalue weighted by Gasteiger charge is -2.38. The SMILES string of the molecule is CC(=O)NC(O)(C(O)I)C(I)N(I)C(=O)c1ccccc1C(N)=O. The van der Waals surface area contributed by atoms with E-state index < -0.39 is 31.6 Å². The third-order valence-electron chi connectivity index (χ3n) is 2.92. The van der Waals surface area contributed by atoms with Crippen LogP contribution >= 0.6 is 68.0 Å². The predicted molar refractivity (Wildman–Crippen MR) is 112 cm³/mol. The number of halogens is 3. The van der Waals surface area contributed by atoms with Crippen LogP contribution in [0.15, 0.2) is 24.3 Å². The minimum Gasteiger partial charge on any atom is -0.378 e. The van der Waals surface area contributed by atoms with Crippen LogP contribution in [0.2, 0.25) is 0 Å². The van der Waals surface area contributed by atoms with Gasteiger partial charge in [0.15, 0.2) is 4.11 Å². The van der Waals surface area contributed by atoms with Crippen molar-refractivity contribution in [1.29, 1.82) is 0 Å². The largest absolute Gasteiger partial charge is 0.378 e. The summed E-state index contributed by atoms with van der Waals surface area (Å²) >= 11 is 4.89. The highest BCUT2D eigenvalue weighted by atomic mass is 127. The minimum atomic E-state index is -2.09. The number of nitrogens with one attached hydrogen (secondary N) is 1. The molecular weight excluding hydrogens is 659 g/mol. The highest BCUT2D eigenvalue weighted by molar-refractivity contribution is 14.1. The molecule has 0 spiro atoms. The Hall–Kier alpha value is -0.260. The van der Waals surface area contributed by atoms with E-state index in [-0.39, 0.29) is 11.1 Å². The summed E-state index contributed by atoms with van der Waals surface area (Å²) in [5.74, 6) is -1.95. The monoisotopic (exact) mass is 673 g/mol. The standard InChI is InChI=1S/C13H14I3N3O5/c1-6(20)18-13(24,12(15)23)11(14)19(16)10(22)8-5-3-2-4-7(8)9(17)21/h2-5,11-12,23-24H,1H3,(H2,17,21)(H,18,20). The number of aliphatic hydroxyl groups excluding tert-OH is 1. The molecule has 24 heavy (non-hydrogen) atoms. The van der Waals surface area contributed by atoms with E-state index in [0.717, 1.165) is 3.11 Å². The predicted octanol–water partition coefficient (Wildman–Crippen LogP) is 0.917. The van der Waals surface area contributed by atoms with Crippen molar-refractivity contribution in [2.75, 3.05) is 0 Å². The number of aliphatic hydroxyl groups is 2. The van der Waals surface area contributed by atoms with E-state index >= 15 is 0 Å². The molecule has 0 saturated heterocycles. The molecule has 5 N–H and O–H groups in total. The third-order valence-corrected chi connectivity index (χ3v) is 7.44. The molecule has 11 heteroatoms. The molecule has 1 aromatic rings. The van der Waals surface area contributed by atoms with Gasteiger partial charge in [-0.1, -0.05) is 34.7 Å². The summed E-state index contributed by atoms with van der Waals surface area (Å²) < 4.78 is -1.35. The third kappa shape index (κ3) is 4.89. The van der Waals surface area contributed by atoms with Crippen LogP contribution in [0.1, 0.15) is 27.6 Å². The van der Waals surface area contributed by atoms with Gasteiger partial charge in [0.1, 0.15) is 4.05 Å². The summed E-state index contributed by atoms with van der Waals surface area (Å²) in [4.78, 5) is 35.5. The van der Waals surface area contributed by atoms with Gasteiger partial charge in [0.05, 0.1) is 34.0 Å². The zero-order valence-corrected chi connectivity index (χ0v) is 18.7. The molecule has 0 heterocycles. The number of nitrogens with zero attached hydrogens (tertiary/aromatic N) is 1. The Labute approximate surface area is 179 Å². The fourth-order valence-corrected chi connectivity index (χ4v) is 4.41. The van der Waals surface area contributed by atoms with Crippen molar-refractivity contribution < 1.29 is 24.6 Å². The summed E-state index contributed by atoms with van der Waals surface area (Å²) in [7, 11) is 0. The minimum absolute atomic E-state index is 0.0332. The average molecular weight is 673 g/mol. The van der Waals surface area contributed by atoms with Gasteiger partial charge in [0.25, 0.3) is 5.91 Å². The lowest BCUT2D eigenvalue weighted by molar-refractivity contribution is -0.131. The van der Waals surface area contributed by atoms with Gasteiger partial charge in [-0.25, -0.2) is 0 Å². The highest BCUT2D eigenvalue weighted by Crippen LogP contribution is 2.31. The van der Waals surface area contributed by atoms with E-state index in [1.165, 1.54) is 41.6 Å². The number of benzene rings is 1. The lowest BCUT2D eigenvalue weighted by Crippen LogP contribution is -2.63. The maximum atomic E-state index is 12.7. The fraction of sp³-hybridized carbons (Fsp3) is 0.308. The van der Waals surface area contributed by atoms with Crippen molar-refractivity contribution in [1.82, 2.24) is 8.43 Å². The van der Waals surface area contributed by atoms with Crippen LogP contribution in [0.25, 0.3) is 0 Å². The van der Waals surface area contributed by atoms with Crippen LogP contribution in [0.5, 0.6) is 0 Å². The van der Waals surface area contributed by atoms with Crippen LogP contribution in [-0.2, 0) is 4.79 Å². The first-order chi connectivity index (χ1) is 11.0. The summed E-state index contributed by atoms with van der Waals surface area (Å²) in [5, 5.41) is 22.7. The number of hydrogen-bond acceptors (Lipinski definition) is 5. The quantitative estimate of drug-likeness (QED) is 0.117. The molecule has 1 aromatic carbocycles. The molecule has 3 unspecified atom stereocenters. The van der Waals surface area contributed by atoms with Crippen molar-refractivity contribution in [2.45, 2.75) is 20.8 Å². The Balaban J connectivity index is 3.20. The number of alkyl halides is 2. The van der Waals surface area contributed by atoms with E-state index in [1.54, 1.807) is 57.6 Å². The van der Waals surface area contributed by atoms with Crippen LogP contribution in [0.3, 0.4) is 0 Å². The molecule has 0 aliphatic heterocycles. The number of nitrogens with two attached hydrogens (primary N) is 1. The molecule has 8 nitrogen and oxygen atoms in total. The van der Waals surface area contributed by atoms with Gasteiger partial charge in [-0.05, 0) is 34.7 Å². The lowest BCUT2D eigenvalue weighted by atomic mass is 10.1. The van der Waals surface area contributed by atoms with Gasteiger partial charge < -0.3 is 21.3 Å². The van der Waals surface area contributed by atoms with E-state index in [9.17, 15) is 24.6 Å². The molecule has 3 amide bonds. The maximum Gasteiger partial charge on any atom is 0.264 e. The van der Waals surface area contributed by atoms with Gasteiger partial charge in [-0.15, -0.1) is 0 Å². The Morgan fingerprint density at radius 1 is 1.25 bits per heavy atom. The summed E-state index contributed by atoms with van der Waals surface area (Å²) in [6.07, 6.45) is 0. The van der Waals surface area contributed by atoms with E-state index in [0.29, 0.717) is 0 Å². The summed E-state index contributed by atoms with van der Waals surface area (Å²) in [5.41, 5.74) is 3.26. The zero-order chi connectivity index (χ0) is 18.7. The second kappa shape index (κ2) is 8.91. The smallest absolute Gasteiger partial charge is 0.264 e. The van der Waals surface area contributed by atoms with Gasteiger partial charge in [-0.2, -0.15) is 0 Å². The van der Waals surface area contributed by atoms with Crippen molar-refractivity contribution in [3.05, 3.63) is 35.4 Å². The second-order valence-corrected chi connectivity index (χ2v) is 8.10. The first-order valence-electron chi connectivity index (χ1n) is 6.37. The summed E-state index contributed by atoms with van der Waals surface area (Å²) in [6.45, 7) is 1.18. The van der Waals surface area contributed by atoms with Crippen molar-refractivity contribution >= 4 is 85.8 Å². The van der Waals surface area contributed by atoms with Gasteiger partial charge in [0, 0.05) is 6.92 Å². The molecule has 0 aliphatic rings. The van der Waals surface area contributed by atoms with E-state index in [1.807, 2.05) is 0 Å². The van der Waals surface area contributed by atoms with Crippen LogP contribution < -0.4 is 11.1 Å². The van der Waals surface area contributed by atoms with Gasteiger partial charge >= 0.3 is 0 Å². The number of carbonyl (C=O) groups excluding carboxylic acids is 3. The molecule has 0 aromatic heterocycles. The molecule has 0 radical (unpaired) electrons. The number of carbonyl (C=O) groups is 3. The van der Waals surface area contributed by atoms with E-state index in [2.05, 4.69) is 5.32 Å². The molecule has 0 saturated carbocycles. The average Bonchev–Trinajstić information content (AvgIpc) is 2.51. The van der Waals surface area contributed by atoms with Gasteiger partial charge in [0.2, 0.25) is 17.5 Å². The number of amides is 3. The number of hydrogen-bond donors (Lipinski definition) is 4. The Morgan fingerprint density at radius 3 is 2.17 bits per heavy atom. The Bertz CT molecular complexity index is 657. The molecule has 0 aliphatic carbocycles. The normalized spacial score (nSPS) is 15.8. The maximum absolute atomic E-state index is 12.7. The second-order valence-electron chi connectivity index (χ2n) is 4.70. The zero-order valence-electron chi connectivity index (χ0n) is 12.2. The molecule has 132 valence electrons. The first-order valence-corrected chi connectivity index (χ1v) is 9.83. The van der Waals surface area contributed by atoms with Crippen LogP contribution in [0.4, 0.5) is 0 Å². The summed E-state index contributed by atoms with van der Waals surface area (Å²) in [6, 6.07) is 5.97. The fourth-order valence-electron chi connectivity index (χ4n) is 1.79. The molecule has 3 atom stereocenters. The first kappa shape index (κ1) is 21.8. The molecule has 1 rings (SSSR count). The number of rotatable bonds is 6. The van der Waals surface area contributed by atoms with Gasteiger partial charge in [-0.3, -0.25) is 17.5 Å². The number of primary amides is 1. The highest BCUT2D eigenvalue weighted by Gasteiger charge is 2.46. The Morgan fingerprint density at radius 2 is 1.75 bits per heavy atom. The van der Waals surface area contributed by atoms with Crippen LogP contribution in [-0.4, -0.2) is 44.9 Å². The van der Waals surface area contributed by atoms with Crippen LogP contribution in [0, 0.1) is 0 Å². The van der Waals surface area contributed by atoms with E-state index in [4.69, 9.17) is 5.73 Å². The molecule has 0 bridgehead atoms.